The third-order valence-electron chi connectivity index (χ3n) is 1.56. The van der Waals surface area contributed by atoms with Crippen molar-refractivity contribution in [2.24, 2.45) is 0 Å². The summed E-state index contributed by atoms with van der Waals surface area (Å²) in [5.74, 6) is 0.156. The van der Waals surface area contributed by atoms with Crippen LogP contribution >= 0.6 is 0 Å². The highest BCUT2D eigenvalue weighted by Gasteiger charge is 2.04. The molecule has 66 valence electrons. The second-order valence-corrected chi connectivity index (χ2v) is 2.89. The molecule has 0 bridgehead atoms. The maximum absolute atomic E-state index is 9.05. The zero-order chi connectivity index (χ0) is 9.30. The molecule has 5 heteroatoms. The molecular weight excluding hydrogens is 156 g/mol. The molecule has 1 aromatic rings. The van der Waals surface area contributed by atoms with Gasteiger partial charge in [0.1, 0.15) is 0 Å². The quantitative estimate of drug-likeness (QED) is 0.527. The van der Waals surface area contributed by atoms with E-state index in [1.807, 2.05) is 13.8 Å². The summed E-state index contributed by atoms with van der Waals surface area (Å²) in [6.45, 7) is 3.89. The number of aromatic nitrogens is 2. The van der Waals surface area contributed by atoms with E-state index in [0.717, 1.165) is 0 Å². The van der Waals surface area contributed by atoms with E-state index in [9.17, 15) is 0 Å². The molecule has 1 aromatic heterocycles. The predicted molar refractivity (Wildman–Crippen MR) is 43.8 cm³/mol. The Morgan fingerprint density at radius 2 is 2.25 bits per heavy atom. The largest absolute Gasteiger partial charge is 0.423 e. The molecule has 1 heterocycles. The smallest absolute Gasteiger partial charge is 0.236 e. The second-order valence-electron chi connectivity index (χ2n) is 2.89. The number of nitrogen functional groups attached to an aromatic ring is 1. The molecule has 12 heavy (non-hydrogen) atoms. The molecular formula is C7H12N4O. The van der Waals surface area contributed by atoms with E-state index >= 15 is 0 Å². The fourth-order valence-electron chi connectivity index (χ4n) is 0.832. The van der Waals surface area contributed by atoms with Gasteiger partial charge in [-0.3, -0.25) is 5.41 Å². The molecule has 0 aliphatic rings. The molecule has 0 aliphatic heterocycles. The van der Waals surface area contributed by atoms with Crippen LogP contribution in [0.3, 0.4) is 0 Å². The maximum atomic E-state index is 9.05. The van der Waals surface area contributed by atoms with E-state index in [-0.39, 0.29) is 17.4 Å². The van der Waals surface area contributed by atoms with E-state index in [4.69, 9.17) is 16.4 Å². The fourth-order valence-corrected chi connectivity index (χ4v) is 0.832. The van der Waals surface area contributed by atoms with E-state index in [1.165, 1.54) is 6.07 Å². The Hall–Kier alpha value is -1.52. The first kappa shape index (κ1) is 8.58. The molecule has 0 unspecified atom stereocenters. The number of anilines is 1. The molecule has 0 amide bonds. The van der Waals surface area contributed by atoms with Crippen LogP contribution in [0.15, 0.2) is 6.07 Å². The van der Waals surface area contributed by atoms with Crippen molar-refractivity contribution in [3.63, 3.8) is 0 Å². The minimum Gasteiger partial charge on any atom is -0.423 e. The fraction of sp³-hybridized carbons (Fsp3) is 0.429. The minimum absolute atomic E-state index is 0.0498. The summed E-state index contributed by atoms with van der Waals surface area (Å²) in [7, 11) is 0. The molecule has 4 N–H and O–H groups in total. The summed E-state index contributed by atoms with van der Waals surface area (Å²) in [5, 5.41) is 16.3. The van der Waals surface area contributed by atoms with Crippen molar-refractivity contribution in [3.05, 3.63) is 17.2 Å². The van der Waals surface area contributed by atoms with Crippen molar-refractivity contribution >= 4 is 5.95 Å². The van der Waals surface area contributed by atoms with Gasteiger partial charge in [0.25, 0.3) is 0 Å². The summed E-state index contributed by atoms with van der Waals surface area (Å²) in [4.78, 5) is 3.90. The summed E-state index contributed by atoms with van der Waals surface area (Å²) in [5.41, 5.74) is 6.00. The Labute approximate surface area is 69.9 Å². The number of hydrogen-bond acceptors (Lipinski definition) is 4. The van der Waals surface area contributed by atoms with Crippen molar-refractivity contribution in [2.45, 2.75) is 19.8 Å². The van der Waals surface area contributed by atoms with E-state index in [2.05, 4.69) is 4.98 Å². The summed E-state index contributed by atoms with van der Waals surface area (Å²) in [6.07, 6.45) is 0. The third-order valence-corrected chi connectivity index (χ3v) is 1.56. The number of rotatable bonds is 1. The molecule has 0 spiro atoms. The van der Waals surface area contributed by atoms with E-state index in [0.29, 0.717) is 10.4 Å². The zero-order valence-corrected chi connectivity index (χ0v) is 7.07. The number of hydrogen-bond donors (Lipinski definition) is 3. The van der Waals surface area contributed by atoms with Crippen LogP contribution in [0.4, 0.5) is 5.95 Å². The molecule has 0 aromatic carbocycles. The standard InChI is InChI=1S/C7H12N4O/c1-4(2)5-3-6(8)11(12)7(9)10-5/h3-4,8,12H,1-2H3,(H2,9,10). The Morgan fingerprint density at radius 3 is 2.67 bits per heavy atom. The molecule has 0 radical (unpaired) electrons. The van der Waals surface area contributed by atoms with Crippen molar-refractivity contribution in [3.8, 4) is 0 Å². The monoisotopic (exact) mass is 168 g/mol. The Bertz CT molecular complexity index is 342. The van der Waals surface area contributed by atoms with E-state index < -0.39 is 0 Å². The summed E-state index contributed by atoms with van der Waals surface area (Å²) >= 11 is 0. The lowest BCUT2D eigenvalue weighted by Gasteiger charge is -2.07. The highest BCUT2D eigenvalue weighted by molar-refractivity contribution is 5.19. The van der Waals surface area contributed by atoms with Crippen LogP contribution in [0.2, 0.25) is 0 Å². The number of nitrogens with one attached hydrogen (secondary N) is 1. The van der Waals surface area contributed by atoms with Crippen molar-refractivity contribution in [2.75, 3.05) is 5.73 Å². The lowest BCUT2D eigenvalue weighted by atomic mass is 10.1. The van der Waals surface area contributed by atoms with Gasteiger partial charge < -0.3 is 10.9 Å². The zero-order valence-electron chi connectivity index (χ0n) is 7.07. The first-order valence-electron chi connectivity index (χ1n) is 3.65. The van der Waals surface area contributed by atoms with Crippen molar-refractivity contribution in [1.29, 1.82) is 5.41 Å². The molecule has 0 atom stereocenters. The number of nitrogens with zero attached hydrogens (tertiary/aromatic N) is 2. The predicted octanol–water partition coefficient (Wildman–Crippen LogP) is 0.305. The Balaban J connectivity index is 3.31. The first-order valence-corrected chi connectivity index (χ1v) is 3.65. The van der Waals surface area contributed by atoms with Crippen LogP contribution in [-0.4, -0.2) is 14.9 Å². The van der Waals surface area contributed by atoms with Crippen molar-refractivity contribution in [1.82, 2.24) is 9.71 Å². The Morgan fingerprint density at radius 1 is 1.67 bits per heavy atom. The van der Waals surface area contributed by atoms with E-state index in [1.54, 1.807) is 0 Å². The maximum Gasteiger partial charge on any atom is 0.236 e. The van der Waals surface area contributed by atoms with Gasteiger partial charge in [-0.2, -0.15) is 0 Å². The van der Waals surface area contributed by atoms with Gasteiger partial charge in [-0.15, -0.1) is 4.73 Å². The lowest BCUT2D eigenvalue weighted by Crippen LogP contribution is -2.23. The number of nitrogens with two attached hydrogens (primary N) is 1. The first-order chi connectivity index (χ1) is 5.52. The molecule has 1 rings (SSSR count). The topological polar surface area (TPSA) is 87.9 Å². The lowest BCUT2D eigenvalue weighted by molar-refractivity contribution is 0.173. The van der Waals surface area contributed by atoms with Gasteiger partial charge in [-0.1, -0.05) is 13.8 Å². The third kappa shape index (κ3) is 1.39. The molecule has 0 aliphatic carbocycles. The normalized spacial score (nSPS) is 10.6. The van der Waals surface area contributed by atoms with Gasteiger partial charge in [0.2, 0.25) is 5.95 Å². The summed E-state index contributed by atoms with van der Waals surface area (Å²) < 4.78 is 0.547. The summed E-state index contributed by atoms with van der Waals surface area (Å²) in [6, 6.07) is 1.49. The van der Waals surface area contributed by atoms with Gasteiger partial charge >= 0.3 is 0 Å². The SMILES string of the molecule is CC(C)c1cc(=N)n(O)c(N)n1. The van der Waals surface area contributed by atoms with Gasteiger partial charge in [0.05, 0.1) is 5.69 Å². The van der Waals surface area contributed by atoms with Gasteiger partial charge in [0.15, 0.2) is 5.49 Å². The van der Waals surface area contributed by atoms with Crippen LogP contribution in [-0.2, 0) is 0 Å². The minimum atomic E-state index is -0.0498. The van der Waals surface area contributed by atoms with Crippen LogP contribution in [0, 0.1) is 5.41 Å². The van der Waals surface area contributed by atoms with Crippen molar-refractivity contribution < 1.29 is 5.21 Å². The highest BCUT2D eigenvalue weighted by atomic mass is 16.5. The van der Waals surface area contributed by atoms with Crippen LogP contribution in [0.25, 0.3) is 0 Å². The van der Waals surface area contributed by atoms with Crippen LogP contribution in [0.5, 0.6) is 0 Å². The highest BCUT2D eigenvalue weighted by Crippen LogP contribution is 2.09. The van der Waals surface area contributed by atoms with Gasteiger partial charge in [0, 0.05) is 6.07 Å². The average Bonchev–Trinajstić information content (AvgIpc) is 1.99. The molecule has 0 saturated heterocycles. The second kappa shape index (κ2) is 2.84. The molecule has 0 saturated carbocycles. The van der Waals surface area contributed by atoms with Crippen LogP contribution < -0.4 is 11.2 Å². The Kier molecular flexibility index (Phi) is 2.03. The van der Waals surface area contributed by atoms with Gasteiger partial charge in [-0.25, -0.2) is 4.98 Å². The van der Waals surface area contributed by atoms with Crippen LogP contribution in [0.1, 0.15) is 25.5 Å². The average molecular weight is 168 g/mol. The van der Waals surface area contributed by atoms with Gasteiger partial charge in [-0.05, 0) is 5.92 Å². The molecule has 0 fully saturated rings. The molecule has 5 nitrogen and oxygen atoms in total.